The molecule has 4 rings (SSSR count). The molecular weight excluding hydrogens is 421 g/mol. The summed E-state index contributed by atoms with van der Waals surface area (Å²) in [5.74, 6) is -0.141. The topological polar surface area (TPSA) is 72.7 Å². The molecule has 0 radical (unpaired) electrons. The molecule has 0 spiro atoms. The number of nitrogens with one attached hydrogen (secondary N) is 2. The number of fused-ring (bicyclic) bond motifs is 1. The molecule has 2 heterocycles. The molecule has 1 aliphatic rings. The van der Waals surface area contributed by atoms with E-state index in [2.05, 4.69) is 25.2 Å². The molecule has 7 nitrogen and oxygen atoms in total. The first-order valence-electron chi connectivity index (χ1n) is 9.76. The van der Waals surface area contributed by atoms with Crippen LogP contribution in [-0.2, 0) is 17.1 Å². The summed E-state index contributed by atoms with van der Waals surface area (Å²) in [4.78, 5) is 8.70. The fourth-order valence-electron chi connectivity index (χ4n) is 3.55. The first-order valence-corrected chi connectivity index (χ1v) is 10.1. The van der Waals surface area contributed by atoms with Crippen molar-refractivity contribution >= 4 is 29.3 Å². The third-order valence-electron chi connectivity index (χ3n) is 5.19. The van der Waals surface area contributed by atoms with Gasteiger partial charge in [0, 0.05) is 30.1 Å². The van der Waals surface area contributed by atoms with Crippen LogP contribution in [0.25, 0.3) is 0 Å². The number of nitrogens with zero attached hydrogens (tertiary/aromatic N) is 3. The Bertz CT molecular complexity index is 1110. The second-order valence-corrected chi connectivity index (χ2v) is 7.59. The fraction of sp³-hybridized carbons (Fsp3) is 0.273. The average Bonchev–Trinajstić information content (AvgIpc) is 3.08. The van der Waals surface area contributed by atoms with Crippen LogP contribution in [0.2, 0.25) is 5.02 Å². The zero-order chi connectivity index (χ0) is 22.0. The minimum Gasteiger partial charge on any atom is -0.492 e. The van der Waals surface area contributed by atoms with Crippen molar-refractivity contribution in [3.05, 3.63) is 70.5 Å². The van der Waals surface area contributed by atoms with Crippen LogP contribution in [0.1, 0.15) is 17.1 Å². The van der Waals surface area contributed by atoms with Gasteiger partial charge >= 0.3 is 0 Å². The number of imidazole rings is 1. The Labute approximate surface area is 184 Å². The number of halogens is 2. The summed E-state index contributed by atoms with van der Waals surface area (Å²) < 4.78 is 28.1. The van der Waals surface area contributed by atoms with E-state index in [4.69, 9.17) is 21.1 Å². The van der Waals surface area contributed by atoms with Crippen LogP contribution in [0.15, 0.2) is 47.6 Å². The van der Waals surface area contributed by atoms with Gasteiger partial charge in [0.15, 0.2) is 0 Å². The van der Waals surface area contributed by atoms with Crippen molar-refractivity contribution in [2.75, 3.05) is 24.4 Å². The van der Waals surface area contributed by atoms with Crippen molar-refractivity contribution in [1.29, 1.82) is 0 Å². The maximum atomic E-state index is 14.4. The number of methoxy groups -OCH3 is 1. The number of aryl methyl sites for hydroxylation is 2. The molecule has 3 aromatic rings. The molecule has 0 bridgehead atoms. The van der Waals surface area contributed by atoms with E-state index in [0.29, 0.717) is 29.5 Å². The molecule has 2 aromatic carbocycles. The fourth-order valence-corrected chi connectivity index (χ4v) is 3.71. The van der Waals surface area contributed by atoms with Crippen LogP contribution in [0, 0.1) is 19.7 Å². The molecule has 0 saturated carbocycles. The Morgan fingerprint density at radius 3 is 2.77 bits per heavy atom. The summed E-state index contributed by atoms with van der Waals surface area (Å²) in [6.07, 6.45) is 3.35. The number of anilines is 2. The summed E-state index contributed by atoms with van der Waals surface area (Å²) in [5, 5.41) is 6.46. The maximum absolute atomic E-state index is 14.4. The lowest BCUT2D eigenvalue weighted by atomic mass is 10.1. The van der Waals surface area contributed by atoms with Crippen LogP contribution in [0.4, 0.5) is 15.8 Å². The summed E-state index contributed by atoms with van der Waals surface area (Å²) in [6, 6.07) is 9.92. The molecule has 31 heavy (non-hydrogen) atoms. The van der Waals surface area contributed by atoms with Gasteiger partial charge in [0.05, 0.1) is 29.8 Å². The van der Waals surface area contributed by atoms with Crippen molar-refractivity contribution in [3.63, 3.8) is 0 Å². The maximum Gasteiger partial charge on any atom is 0.267 e. The van der Waals surface area contributed by atoms with Gasteiger partial charge in [0.25, 0.3) is 5.85 Å². The van der Waals surface area contributed by atoms with Gasteiger partial charge in [0.2, 0.25) is 0 Å². The molecule has 2 N–H and O–H groups in total. The Morgan fingerprint density at radius 2 is 2.06 bits per heavy atom. The van der Waals surface area contributed by atoms with Crippen LogP contribution in [-0.4, -0.2) is 29.6 Å². The molecule has 0 aliphatic carbocycles. The number of aromatic nitrogens is 2. The van der Waals surface area contributed by atoms with Gasteiger partial charge in [-0.25, -0.2) is 14.4 Å². The molecule has 1 aromatic heterocycles. The minimum atomic E-state index is -1.29. The smallest absolute Gasteiger partial charge is 0.267 e. The number of hydrogen-bond acceptors (Lipinski definition) is 6. The molecular formula is C22H23ClFN5O2. The highest BCUT2D eigenvalue weighted by Gasteiger charge is 2.36. The van der Waals surface area contributed by atoms with Crippen LogP contribution >= 0.6 is 11.6 Å². The van der Waals surface area contributed by atoms with E-state index in [1.165, 1.54) is 19.5 Å². The SMILES string of the molecule is COC1(Nc2ccc(Cl)cc2F)N=CNc2cc(OCCn3c(C)cnc3C)ccc21. The Kier molecular flexibility index (Phi) is 5.84. The standard InChI is InChI=1S/C22H23ClFN5O2/c1-14-12-25-15(2)29(14)8-9-31-17-5-6-18-21(11-17)26-13-27-22(18,30-3)28-20-7-4-16(23)10-19(20)24/h4-7,10-13,28H,8-9H2,1-3H3,(H,26,27). The number of ether oxygens (including phenoxy) is 2. The first-order chi connectivity index (χ1) is 14.9. The van der Waals surface area contributed by atoms with Gasteiger partial charge in [-0.05, 0) is 44.2 Å². The highest BCUT2D eigenvalue weighted by atomic mass is 35.5. The van der Waals surface area contributed by atoms with E-state index >= 15 is 0 Å². The van der Waals surface area contributed by atoms with Crippen LogP contribution < -0.4 is 15.4 Å². The lowest BCUT2D eigenvalue weighted by Gasteiger charge is -2.34. The third kappa shape index (κ3) is 4.22. The molecule has 1 unspecified atom stereocenters. The van der Waals surface area contributed by atoms with Gasteiger partial charge in [-0.2, -0.15) is 0 Å². The van der Waals surface area contributed by atoms with Crippen molar-refractivity contribution in [3.8, 4) is 5.75 Å². The van der Waals surface area contributed by atoms with E-state index in [1.54, 1.807) is 12.1 Å². The van der Waals surface area contributed by atoms with Gasteiger partial charge in [-0.1, -0.05) is 11.6 Å². The van der Waals surface area contributed by atoms with E-state index < -0.39 is 11.7 Å². The van der Waals surface area contributed by atoms with Crippen molar-refractivity contribution in [1.82, 2.24) is 9.55 Å². The number of hydrogen-bond donors (Lipinski definition) is 2. The number of aliphatic imine (C=N–C) groups is 1. The Hall–Kier alpha value is -3.10. The molecule has 0 amide bonds. The zero-order valence-corrected chi connectivity index (χ0v) is 18.2. The normalized spacial score (nSPS) is 17.2. The predicted octanol–water partition coefficient (Wildman–Crippen LogP) is 4.69. The summed E-state index contributed by atoms with van der Waals surface area (Å²) in [7, 11) is 1.51. The average molecular weight is 444 g/mol. The second-order valence-electron chi connectivity index (χ2n) is 7.15. The molecule has 1 atom stereocenters. The number of rotatable bonds is 7. The Balaban J connectivity index is 1.53. The van der Waals surface area contributed by atoms with E-state index in [0.717, 1.165) is 17.2 Å². The molecule has 1 aliphatic heterocycles. The van der Waals surface area contributed by atoms with Crippen LogP contribution in [0.5, 0.6) is 5.75 Å². The summed E-state index contributed by atoms with van der Waals surface area (Å²) in [6.45, 7) is 5.18. The molecule has 162 valence electrons. The van der Waals surface area contributed by atoms with E-state index in [1.807, 2.05) is 38.2 Å². The monoisotopic (exact) mass is 443 g/mol. The van der Waals surface area contributed by atoms with Crippen LogP contribution in [0.3, 0.4) is 0 Å². The van der Waals surface area contributed by atoms with Gasteiger partial charge < -0.3 is 24.7 Å². The lowest BCUT2D eigenvalue weighted by molar-refractivity contribution is 0.0188. The Morgan fingerprint density at radius 1 is 1.23 bits per heavy atom. The zero-order valence-electron chi connectivity index (χ0n) is 17.4. The van der Waals surface area contributed by atoms with Crippen molar-refractivity contribution in [2.45, 2.75) is 26.2 Å². The molecule has 0 saturated heterocycles. The van der Waals surface area contributed by atoms with Gasteiger partial charge in [-0.15, -0.1) is 0 Å². The minimum absolute atomic E-state index is 0.225. The van der Waals surface area contributed by atoms with Gasteiger partial charge in [-0.3, -0.25) is 0 Å². The summed E-state index contributed by atoms with van der Waals surface area (Å²) in [5.41, 5.74) is 2.75. The largest absolute Gasteiger partial charge is 0.492 e. The quantitative estimate of drug-likeness (QED) is 0.518. The third-order valence-corrected chi connectivity index (χ3v) is 5.43. The highest BCUT2D eigenvalue weighted by Crippen LogP contribution is 2.38. The first kappa shape index (κ1) is 21.1. The summed E-state index contributed by atoms with van der Waals surface area (Å²) >= 11 is 5.86. The van der Waals surface area contributed by atoms with Gasteiger partial charge in [0.1, 0.15) is 24.0 Å². The predicted molar refractivity (Wildman–Crippen MR) is 119 cm³/mol. The van der Waals surface area contributed by atoms with Crippen molar-refractivity contribution in [2.24, 2.45) is 4.99 Å². The second kappa shape index (κ2) is 8.56. The highest BCUT2D eigenvalue weighted by molar-refractivity contribution is 6.30. The van der Waals surface area contributed by atoms with E-state index in [9.17, 15) is 4.39 Å². The van der Waals surface area contributed by atoms with Crippen molar-refractivity contribution < 1.29 is 13.9 Å². The number of benzene rings is 2. The van der Waals surface area contributed by atoms with E-state index in [-0.39, 0.29) is 5.69 Å². The molecule has 9 heteroatoms. The lowest BCUT2D eigenvalue weighted by Crippen LogP contribution is -2.39. The molecule has 0 fully saturated rings.